The zero-order valence-electron chi connectivity index (χ0n) is 16.7. The van der Waals surface area contributed by atoms with Gasteiger partial charge in [-0.1, -0.05) is 12.2 Å². The van der Waals surface area contributed by atoms with Crippen LogP contribution in [-0.4, -0.2) is 57.1 Å². The van der Waals surface area contributed by atoms with Gasteiger partial charge in [0.1, 0.15) is 12.9 Å². The third kappa shape index (κ3) is 4.03. The summed E-state index contributed by atoms with van der Waals surface area (Å²) >= 11 is 0. The maximum atomic E-state index is 12.7. The molecule has 2 bridgehead atoms. The van der Waals surface area contributed by atoms with Gasteiger partial charge < -0.3 is 15.2 Å². The normalized spacial score (nSPS) is 27.4. The van der Waals surface area contributed by atoms with Crippen LogP contribution in [0.3, 0.4) is 0 Å². The standard InChI is InChI=1S/C19H27N7O2.HI/c1-3-20-19(22-10-14-24-23-11-25(14)4-2)21-7-8-26-17(27)15-12-5-6-13(9-12)16(15)18(26)28;/h5-6,11-13,15-16H,3-4,7-10H2,1-2H3,(H2,20,21,22);1H. The van der Waals surface area contributed by atoms with Crippen LogP contribution >= 0.6 is 24.0 Å². The van der Waals surface area contributed by atoms with Gasteiger partial charge in [0, 0.05) is 26.2 Å². The highest BCUT2D eigenvalue weighted by Gasteiger charge is 2.58. The van der Waals surface area contributed by atoms with Crippen molar-refractivity contribution < 1.29 is 9.59 Å². The van der Waals surface area contributed by atoms with E-state index in [0.717, 1.165) is 18.8 Å². The van der Waals surface area contributed by atoms with Crippen LogP contribution in [0.5, 0.6) is 0 Å². The van der Waals surface area contributed by atoms with Crippen molar-refractivity contribution in [3.63, 3.8) is 0 Å². The lowest BCUT2D eigenvalue weighted by Crippen LogP contribution is -2.43. The van der Waals surface area contributed by atoms with Crippen molar-refractivity contribution in [2.45, 2.75) is 33.4 Å². The number of nitrogens with zero attached hydrogens (tertiary/aromatic N) is 5. The molecule has 4 rings (SSSR count). The zero-order chi connectivity index (χ0) is 19.7. The van der Waals surface area contributed by atoms with E-state index in [1.807, 2.05) is 18.4 Å². The van der Waals surface area contributed by atoms with Crippen molar-refractivity contribution in [3.8, 4) is 0 Å². The van der Waals surface area contributed by atoms with Crippen molar-refractivity contribution >= 4 is 41.8 Å². The predicted molar refractivity (Wildman–Crippen MR) is 118 cm³/mol. The summed E-state index contributed by atoms with van der Waals surface area (Å²) < 4.78 is 1.94. The summed E-state index contributed by atoms with van der Waals surface area (Å²) in [6.45, 7) is 6.76. The maximum Gasteiger partial charge on any atom is 0.233 e. The van der Waals surface area contributed by atoms with Crippen LogP contribution in [-0.2, 0) is 22.7 Å². The summed E-state index contributed by atoms with van der Waals surface area (Å²) in [4.78, 5) is 31.4. The van der Waals surface area contributed by atoms with E-state index in [2.05, 4.69) is 38.0 Å². The van der Waals surface area contributed by atoms with E-state index in [0.29, 0.717) is 32.1 Å². The molecule has 1 aromatic heterocycles. The summed E-state index contributed by atoms with van der Waals surface area (Å²) in [5.74, 6) is 1.64. The second-order valence-corrected chi connectivity index (χ2v) is 7.48. The number of aliphatic imine (C=N–C) groups is 1. The van der Waals surface area contributed by atoms with E-state index in [1.54, 1.807) is 6.33 Å². The third-order valence-electron chi connectivity index (χ3n) is 5.95. The Morgan fingerprint density at radius 3 is 2.48 bits per heavy atom. The van der Waals surface area contributed by atoms with Crippen LogP contribution in [0.2, 0.25) is 0 Å². The van der Waals surface area contributed by atoms with E-state index in [1.165, 1.54) is 4.90 Å². The van der Waals surface area contributed by atoms with E-state index in [9.17, 15) is 9.59 Å². The minimum Gasteiger partial charge on any atom is -0.357 e. The molecule has 2 heterocycles. The number of guanidine groups is 1. The SMILES string of the molecule is CCNC(=NCc1nncn1CC)NCCN1C(=O)C2C3C=CC(C3)C2C1=O.I. The van der Waals surface area contributed by atoms with Crippen molar-refractivity contribution in [2.75, 3.05) is 19.6 Å². The molecule has 4 atom stereocenters. The second-order valence-electron chi connectivity index (χ2n) is 7.48. The molecule has 1 saturated heterocycles. The highest BCUT2D eigenvalue weighted by molar-refractivity contribution is 14.0. The topological polar surface area (TPSA) is 105 Å². The van der Waals surface area contributed by atoms with Crippen LogP contribution in [0.1, 0.15) is 26.1 Å². The molecule has 2 aliphatic carbocycles. The van der Waals surface area contributed by atoms with Gasteiger partial charge in [-0.2, -0.15) is 0 Å². The van der Waals surface area contributed by atoms with Crippen molar-refractivity contribution in [3.05, 3.63) is 24.3 Å². The Hall–Kier alpha value is -1.98. The van der Waals surface area contributed by atoms with E-state index < -0.39 is 0 Å². The van der Waals surface area contributed by atoms with E-state index in [-0.39, 0.29) is 59.5 Å². The van der Waals surface area contributed by atoms with Gasteiger partial charge >= 0.3 is 0 Å². The number of hydrogen-bond donors (Lipinski definition) is 2. The fourth-order valence-electron chi connectivity index (χ4n) is 4.63. The van der Waals surface area contributed by atoms with Crippen molar-refractivity contribution in [1.29, 1.82) is 0 Å². The van der Waals surface area contributed by atoms with E-state index in [4.69, 9.17) is 0 Å². The van der Waals surface area contributed by atoms with Gasteiger partial charge in [0.2, 0.25) is 11.8 Å². The monoisotopic (exact) mass is 513 g/mol. The lowest BCUT2D eigenvalue weighted by Gasteiger charge is -2.18. The number of allylic oxidation sites excluding steroid dienone is 2. The first-order chi connectivity index (χ1) is 13.6. The highest BCUT2D eigenvalue weighted by Crippen LogP contribution is 2.52. The van der Waals surface area contributed by atoms with Crippen LogP contribution in [0.4, 0.5) is 0 Å². The average Bonchev–Trinajstić information content (AvgIpc) is 3.46. The summed E-state index contributed by atoms with van der Waals surface area (Å²) in [5.41, 5.74) is 0. The quantitative estimate of drug-likeness (QED) is 0.184. The molecule has 10 heteroatoms. The fourth-order valence-corrected chi connectivity index (χ4v) is 4.63. The number of nitrogens with one attached hydrogen (secondary N) is 2. The number of fused-ring (bicyclic) bond motifs is 5. The molecule has 0 spiro atoms. The second kappa shape index (κ2) is 9.23. The van der Waals surface area contributed by atoms with Gasteiger partial charge in [0.25, 0.3) is 0 Å². The maximum absolute atomic E-state index is 12.7. The summed E-state index contributed by atoms with van der Waals surface area (Å²) in [5, 5.41) is 14.4. The minimum absolute atomic E-state index is 0. The number of aromatic nitrogens is 3. The van der Waals surface area contributed by atoms with Crippen molar-refractivity contribution in [2.24, 2.45) is 28.7 Å². The first-order valence-electron chi connectivity index (χ1n) is 10.1. The molecule has 1 aromatic rings. The van der Waals surface area contributed by atoms with Gasteiger partial charge in [-0.05, 0) is 32.1 Å². The van der Waals surface area contributed by atoms with Gasteiger partial charge in [0.15, 0.2) is 11.8 Å². The lowest BCUT2D eigenvalue weighted by atomic mass is 9.85. The molecule has 9 nitrogen and oxygen atoms in total. The fraction of sp³-hybridized carbons (Fsp3) is 0.632. The first kappa shape index (κ1) is 21.7. The average molecular weight is 513 g/mol. The van der Waals surface area contributed by atoms with E-state index >= 15 is 0 Å². The molecule has 2 N–H and O–H groups in total. The highest BCUT2D eigenvalue weighted by atomic mass is 127. The number of imide groups is 1. The Labute approximate surface area is 187 Å². The number of likely N-dealkylation sites (tertiary alicyclic amines) is 1. The summed E-state index contributed by atoms with van der Waals surface area (Å²) in [7, 11) is 0. The minimum atomic E-state index is -0.134. The number of aryl methyl sites for hydroxylation is 1. The Morgan fingerprint density at radius 2 is 1.86 bits per heavy atom. The molecule has 1 saturated carbocycles. The number of halogens is 1. The lowest BCUT2D eigenvalue weighted by molar-refractivity contribution is -0.140. The van der Waals surface area contributed by atoms with Crippen molar-refractivity contribution in [1.82, 2.24) is 30.3 Å². The van der Waals surface area contributed by atoms with Crippen LogP contribution < -0.4 is 10.6 Å². The summed E-state index contributed by atoms with van der Waals surface area (Å²) in [6, 6.07) is 0. The largest absolute Gasteiger partial charge is 0.357 e. The number of rotatable bonds is 7. The Morgan fingerprint density at radius 1 is 1.17 bits per heavy atom. The van der Waals surface area contributed by atoms with Gasteiger partial charge in [-0.15, -0.1) is 34.2 Å². The zero-order valence-corrected chi connectivity index (χ0v) is 19.1. The van der Waals surface area contributed by atoms with Gasteiger partial charge in [-0.3, -0.25) is 14.5 Å². The molecule has 29 heavy (non-hydrogen) atoms. The molecule has 2 fully saturated rings. The number of carbonyl (C=O) groups excluding carboxylic acids is 2. The first-order valence-corrected chi connectivity index (χ1v) is 10.1. The predicted octanol–water partition coefficient (Wildman–Crippen LogP) is 0.778. The van der Waals surface area contributed by atoms with Crippen LogP contribution in [0.15, 0.2) is 23.5 Å². The Balaban J connectivity index is 0.00000240. The Kier molecular flexibility index (Phi) is 6.91. The summed E-state index contributed by atoms with van der Waals surface area (Å²) in [6.07, 6.45) is 6.88. The molecule has 158 valence electrons. The molecular weight excluding hydrogens is 485 g/mol. The number of amides is 2. The molecule has 1 aliphatic heterocycles. The molecule has 0 radical (unpaired) electrons. The molecule has 4 unspecified atom stereocenters. The number of carbonyl (C=O) groups is 2. The molecular formula is C19H28IN7O2. The van der Waals surface area contributed by atoms with Gasteiger partial charge in [-0.25, -0.2) is 4.99 Å². The smallest absolute Gasteiger partial charge is 0.233 e. The van der Waals surface area contributed by atoms with Crippen LogP contribution in [0.25, 0.3) is 0 Å². The van der Waals surface area contributed by atoms with Gasteiger partial charge in [0.05, 0.1) is 11.8 Å². The third-order valence-corrected chi connectivity index (χ3v) is 5.95. The Bertz CT molecular complexity index is 791. The molecule has 2 amide bonds. The van der Waals surface area contributed by atoms with Crippen LogP contribution in [0, 0.1) is 23.7 Å². The molecule has 3 aliphatic rings. The molecule has 0 aromatic carbocycles. The number of hydrogen-bond acceptors (Lipinski definition) is 5.